The van der Waals surface area contributed by atoms with E-state index in [1.54, 1.807) is 0 Å². The molecule has 1 aromatic carbocycles. The van der Waals surface area contributed by atoms with E-state index in [2.05, 4.69) is 39.5 Å². The second-order valence-corrected chi connectivity index (χ2v) is 6.74. The van der Waals surface area contributed by atoms with Gasteiger partial charge in [0.25, 0.3) is 5.91 Å². The van der Waals surface area contributed by atoms with E-state index < -0.39 is 0 Å². The van der Waals surface area contributed by atoms with Gasteiger partial charge in [0.15, 0.2) is 0 Å². The van der Waals surface area contributed by atoms with Gasteiger partial charge < -0.3 is 10.2 Å². The van der Waals surface area contributed by atoms with Gasteiger partial charge in [-0.2, -0.15) is 4.37 Å². The summed E-state index contributed by atoms with van der Waals surface area (Å²) in [4.78, 5) is 17.0. The summed E-state index contributed by atoms with van der Waals surface area (Å²) in [6.07, 6.45) is 0. The first-order valence-electron chi connectivity index (χ1n) is 7.68. The molecule has 0 atom stereocenters. The van der Waals surface area contributed by atoms with Crippen molar-refractivity contribution in [3.05, 3.63) is 29.5 Å². The third-order valence-corrected chi connectivity index (χ3v) is 4.96. The van der Waals surface area contributed by atoms with Crippen molar-refractivity contribution >= 4 is 27.5 Å². The van der Waals surface area contributed by atoms with E-state index in [9.17, 15) is 4.79 Å². The SMILES string of the molecule is Cc1ccc2c(C(=O)NCCN3CCN(C)CC3)nsc2c1. The molecule has 2 aromatic rings. The third kappa shape index (κ3) is 3.45. The van der Waals surface area contributed by atoms with Crippen LogP contribution in [0.4, 0.5) is 0 Å². The van der Waals surface area contributed by atoms with Crippen molar-refractivity contribution in [2.24, 2.45) is 0 Å². The number of hydrogen-bond donors (Lipinski definition) is 1. The molecule has 0 bridgehead atoms. The Kier molecular flexibility index (Phi) is 4.71. The number of nitrogens with one attached hydrogen (secondary N) is 1. The zero-order valence-corrected chi connectivity index (χ0v) is 13.9. The molecule has 0 radical (unpaired) electrons. The number of benzene rings is 1. The summed E-state index contributed by atoms with van der Waals surface area (Å²) in [5.74, 6) is -0.0655. The molecular weight excluding hydrogens is 296 g/mol. The van der Waals surface area contributed by atoms with Crippen molar-refractivity contribution < 1.29 is 4.79 Å². The van der Waals surface area contributed by atoms with E-state index in [4.69, 9.17) is 0 Å². The van der Waals surface area contributed by atoms with Gasteiger partial charge in [-0.15, -0.1) is 0 Å². The number of aromatic nitrogens is 1. The molecular formula is C16H22N4OS. The number of hydrogen-bond acceptors (Lipinski definition) is 5. The molecule has 1 fully saturated rings. The molecule has 1 saturated heterocycles. The summed E-state index contributed by atoms with van der Waals surface area (Å²) in [6.45, 7) is 7.98. The summed E-state index contributed by atoms with van der Waals surface area (Å²) in [5.41, 5.74) is 1.75. The van der Waals surface area contributed by atoms with Gasteiger partial charge in [0.2, 0.25) is 0 Å². The van der Waals surface area contributed by atoms with Gasteiger partial charge in [-0.05, 0) is 37.1 Å². The molecule has 2 heterocycles. The van der Waals surface area contributed by atoms with Gasteiger partial charge in [0.1, 0.15) is 5.69 Å². The molecule has 22 heavy (non-hydrogen) atoms. The van der Waals surface area contributed by atoms with Crippen molar-refractivity contribution in [1.29, 1.82) is 0 Å². The van der Waals surface area contributed by atoms with Crippen LogP contribution < -0.4 is 5.32 Å². The summed E-state index contributed by atoms with van der Waals surface area (Å²) < 4.78 is 5.39. The van der Waals surface area contributed by atoms with Crippen molar-refractivity contribution in [2.75, 3.05) is 46.3 Å². The molecule has 0 spiro atoms. The Morgan fingerprint density at radius 1 is 1.32 bits per heavy atom. The minimum absolute atomic E-state index is 0.0655. The van der Waals surface area contributed by atoms with Crippen LogP contribution in [-0.4, -0.2) is 66.4 Å². The van der Waals surface area contributed by atoms with Crippen LogP contribution in [0.1, 0.15) is 16.1 Å². The summed E-state index contributed by atoms with van der Waals surface area (Å²) >= 11 is 1.39. The van der Waals surface area contributed by atoms with E-state index in [-0.39, 0.29) is 5.91 Å². The predicted molar refractivity (Wildman–Crippen MR) is 90.6 cm³/mol. The highest BCUT2D eigenvalue weighted by atomic mass is 32.1. The Bertz CT molecular complexity index is 661. The first-order chi connectivity index (χ1) is 10.6. The van der Waals surface area contributed by atoms with Crippen molar-refractivity contribution in [1.82, 2.24) is 19.5 Å². The smallest absolute Gasteiger partial charge is 0.271 e. The van der Waals surface area contributed by atoms with Gasteiger partial charge in [0, 0.05) is 44.7 Å². The first-order valence-corrected chi connectivity index (χ1v) is 8.46. The third-order valence-electron chi connectivity index (χ3n) is 4.15. The number of carbonyl (C=O) groups is 1. The summed E-state index contributed by atoms with van der Waals surface area (Å²) in [7, 11) is 2.15. The maximum atomic E-state index is 12.3. The van der Waals surface area contributed by atoms with Crippen LogP contribution in [0.25, 0.3) is 10.1 Å². The van der Waals surface area contributed by atoms with E-state index in [0.717, 1.165) is 42.8 Å². The van der Waals surface area contributed by atoms with Crippen LogP contribution in [-0.2, 0) is 0 Å². The predicted octanol–water partition coefficient (Wildman–Crippen LogP) is 1.58. The number of piperazine rings is 1. The minimum Gasteiger partial charge on any atom is -0.349 e. The standard InChI is InChI=1S/C16H22N4OS/c1-12-3-4-13-14(11-12)22-18-15(13)16(21)17-5-6-20-9-7-19(2)8-10-20/h3-4,11H,5-10H2,1-2H3,(H,17,21). The Balaban J connectivity index is 1.55. The highest BCUT2D eigenvalue weighted by molar-refractivity contribution is 7.13. The minimum atomic E-state index is -0.0655. The zero-order chi connectivity index (χ0) is 15.5. The second kappa shape index (κ2) is 6.73. The number of likely N-dealkylation sites (N-methyl/N-ethyl adjacent to an activating group) is 1. The average Bonchev–Trinajstić information content (AvgIpc) is 2.92. The number of aryl methyl sites for hydroxylation is 1. The normalized spacial score (nSPS) is 17.0. The molecule has 1 aliphatic rings. The summed E-state index contributed by atoms with van der Waals surface area (Å²) in [5, 5.41) is 3.95. The topological polar surface area (TPSA) is 48.5 Å². The number of carbonyl (C=O) groups excluding carboxylic acids is 1. The number of amides is 1. The largest absolute Gasteiger partial charge is 0.349 e. The van der Waals surface area contributed by atoms with Gasteiger partial charge in [-0.25, -0.2) is 0 Å². The lowest BCUT2D eigenvalue weighted by molar-refractivity contribution is 0.0939. The molecule has 1 aromatic heterocycles. The van der Waals surface area contributed by atoms with Crippen molar-refractivity contribution in [3.63, 3.8) is 0 Å². The molecule has 3 rings (SSSR count). The van der Waals surface area contributed by atoms with Gasteiger partial charge in [0.05, 0.1) is 4.70 Å². The molecule has 0 saturated carbocycles. The highest BCUT2D eigenvalue weighted by Crippen LogP contribution is 2.23. The molecule has 0 aliphatic carbocycles. The van der Waals surface area contributed by atoms with Gasteiger partial charge in [-0.3, -0.25) is 9.69 Å². The molecule has 118 valence electrons. The quantitative estimate of drug-likeness (QED) is 0.930. The fraction of sp³-hybridized carbons (Fsp3) is 0.500. The number of rotatable bonds is 4. The molecule has 0 unspecified atom stereocenters. The highest BCUT2D eigenvalue weighted by Gasteiger charge is 2.16. The lowest BCUT2D eigenvalue weighted by Crippen LogP contribution is -2.46. The Hall–Kier alpha value is -1.50. The molecule has 6 heteroatoms. The second-order valence-electron chi connectivity index (χ2n) is 5.93. The van der Waals surface area contributed by atoms with Crippen LogP contribution in [0, 0.1) is 6.92 Å². The van der Waals surface area contributed by atoms with E-state index in [1.165, 1.54) is 17.1 Å². The van der Waals surface area contributed by atoms with Crippen molar-refractivity contribution in [3.8, 4) is 0 Å². The molecule has 1 aliphatic heterocycles. The van der Waals surface area contributed by atoms with Gasteiger partial charge in [-0.1, -0.05) is 12.1 Å². The van der Waals surface area contributed by atoms with Crippen LogP contribution >= 0.6 is 11.5 Å². The first kappa shape index (κ1) is 15.4. The Morgan fingerprint density at radius 2 is 2.09 bits per heavy atom. The van der Waals surface area contributed by atoms with Crippen LogP contribution in [0.5, 0.6) is 0 Å². The monoisotopic (exact) mass is 318 g/mol. The van der Waals surface area contributed by atoms with Gasteiger partial charge >= 0.3 is 0 Å². The lowest BCUT2D eigenvalue weighted by atomic mass is 10.1. The molecule has 5 nitrogen and oxygen atoms in total. The summed E-state index contributed by atoms with van der Waals surface area (Å²) in [6, 6.07) is 6.09. The zero-order valence-electron chi connectivity index (χ0n) is 13.1. The van der Waals surface area contributed by atoms with Crippen LogP contribution in [0.3, 0.4) is 0 Å². The molecule has 1 N–H and O–H groups in total. The Labute approximate surface area is 135 Å². The number of nitrogens with zero attached hydrogens (tertiary/aromatic N) is 3. The molecule has 1 amide bonds. The van der Waals surface area contributed by atoms with E-state index in [1.807, 2.05) is 12.1 Å². The van der Waals surface area contributed by atoms with Crippen molar-refractivity contribution in [2.45, 2.75) is 6.92 Å². The van der Waals surface area contributed by atoms with E-state index in [0.29, 0.717) is 12.2 Å². The van der Waals surface area contributed by atoms with Crippen LogP contribution in [0.15, 0.2) is 18.2 Å². The number of fused-ring (bicyclic) bond motifs is 1. The lowest BCUT2D eigenvalue weighted by Gasteiger charge is -2.32. The maximum absolute atomic E-state index is 12.3. The Morgan fingerprint density at radius 3 is 2.86 bits per heavy atom. The fourth-order valence-electron chi connectivity index (χ4n) is 2.69. The maximum Gasteiger partial charge on any atom is 0.271 e. The van der Waals surface area contributed by atoms with Crippen LogP contribution in [0.2, 0.25) is 0 Å². The fourth-order valence-corrected chi connectivity index (χ4v) is 3.56. The average molecular weight is 318 g/mol. The van der Waals surface area contributed by atoms with E-state index >= 15 is 0 Å².